The highest BCUT2D eigenvalue weighted by molar-refractivity contribution is 5.85. The zero-order valence-corrected chi connectivity index (χ0v) is 10.1. The van der Waals surface area contributed by atoms with Gasteiger partial charge in [-0.05, 0) is 17.0 Å². The molecule has 1 aliphatic heterocycles. The zero-order valence-electron chi connectivity index (χ0n) is 10.1. The number of hydrogen-bond acceptors (Lipinski definition) is 4. The van der Waals surface area contributed by atoms with Crippen LogP contribution in [0.25, 0.3) is 10.8 Å². The highest BCUT2D eigenvalue weighted by Gasteiger charge is 2.24. The molecule has 1 aliphatic rings. The largest absolute Gasteiger partial charge is 0.376 e. The molecule has 0 saturated carbocycles. The van der Waals surface area contributed by atoms with Gasteiger partial charge >= 0.3 is 0 Å². The molecule has 18 heavy (non-hydrogen) atoms. The molecule has 1 saturated heterocycles. The molecule has 4 nitrogen and oxygen atoms in total. The second kappa shape index (κ2) is 5.02. The normalized spacial score (nSPS) is 21.9. The van der Waals surface area contributed by atoms with Gasteiger partial charge in [-0.1, -0.05) is 18.2 Å². The highest BCUT2D eigenvalue weighted by atomic mass is 16.6. The van der Waals surface area contributed by atoms with E-state index in [1.165, 1.54) is 0 Å². The quantitative estimate of drug-likeness (QED) is 0.872. The number of nitrogens with two attached hydrogens (primary N) is 1. The molecule has 1 aromatic heterocycles. The van der Waals surface area contributed by atoms with Crippen LogP contribution < -0.4 is 5.73 Å². The Hall–Kier alpha value is -1.49. The first-order valence-corrected chi connectivity index (χ1v) is 6.14. The predicted octanol–water partition coefficient (Wildman–Crippen LogP) is 1.65. The number of hydrogen-bond donors (Lipinski definition) is 1. The molecule has 2 aromatic rings. The molecule has 4 heteroatoms. The molecule has 2 atom stereocenters. The van der Waals surface area contributed by atoms with E-state index < -0.39 is 0 Å². The third-order valence-corrected chi connectivity index (χ3v) is 3.32. The summed E-state index contributed by atoms with van der Waals surface area (Å²) in [5.41, 5.74) is 7.37. The first-order chi connectivity index (χ1) is 8.86. The van der Waals surface area contributed by atoms with E-state index in [0.717, 1.165) is 16.3 Å². The van der Waals surface area contributed by atoms with Crippen molar-refractivity contribution in [2.75, 3.05) is 19.8 Å². The number of nitrogens with zero attached hydrogens (tertiary/aromatic N) is 1. The average Bonchev–Trinajstić information content (AvgIpc) is 2.47. The number of pyridine rings is 1. The summed E-state index contributed by atoms with van der Waals surface area (Å²) in [7, 11) is 0. The molecule has 0 aliphatic carbocycles. The van der Waals surface area contributed by atoms with Crippen molar-refractivity contribution in [3.8, 4) is 0 Å². The molecule has 0 amide bonds. The molecule has 1 aromatic carbocycles. The average molecular weight is 244 g/mol. The Balaban J connectivity index is 1.97. The van der Waals surface area contributed by atoms with Crippen molar-refractivity contribution in [2.45, 2.75) is 12.1 Å². The van der Waals surface area contributed by atoms with E-state index in [4.69, 9.17) is 15.2 Å². The number of ether oxygens (including phenoxy) is 2. The van der Waals surface area contributed by atoms with E-state index in [2.05, 4.69) is 11.1 Å². The number of aromatic nitrogens is 1. The molecule has 3 rings (SSSR count). The maximum Gasteiger partial charge on any atom is 0.100 e. The molecule has 1 fully saturated rings. The Kier molecular flexibility index (Phi) is 3.23. The molecular formula is C14H16N2O2. The van der Waals surface area contributed by atoms with Crippen LogP contribution in [0.5, 0.6) is 0 Å². The summed E-state index contributed by atoms with van der Waals surface area (Å²) in [5, 5.41) is 2.23. The van der Waals surface area contributed by atoms with E-state index in [0.29, 0.717) is 19.8 Å². The van der Waals surface area contributed by atoms with Crippen molar-refractivity contribution < 1.29 is 9.47 Å². The van der Waals surface area contributed by atoms with E-state index in [9.17, 15) is 0 Å². The van der Waals surface area contributed by atoms with Gasteiger partial charge in [0.05, 0.1) is 25.9 Å². The maximum atomic E-state index is 6.30. The van der Waals surface area contributed by atoms with Gasteiger partial charge in [-0.2, -0.15) is 0 Å². The van der Waals surface area contributed by atoms with Gasteiger partial charge in [0.15, 0.2) is 0 Å². The summed E-state index contributed by atoms with van der Waals surface area (Å²) in [5.74, 6) is 0. The van der Waals surface area contributed by atoms with Crippen LogP contribution in [0, 0.1) is 0 Å². The van der Waals surface area contributed by atoms with Crippen molar-refractivity contribution in [2.24, 2.45) is 5.73 Å². The van der Waals surface area contributed by atoms with Gasteiger partial charge in [-0.25, -0.2) is 0 Å². The van der Waals surface area contributed by atoms with Gasteiger partial charge in [0.25, 0.3) is 0 Å². The lowest BCUT2D eigenvalue weighted by molar-refractivity contribution is -0.0974. The van der Waals surface area contributed by atoms with Crippen molar-refractivity contribution in [1.82, 2.24) is 4.98 Å². The SMILES string of the molecule is NC(c1cccc2ccncc12)C1COCCO1. The van der Waals surface area contributed by atoms with E-state index in [-0.39, 0.29) is 12.1 Å². The van der Waals surface area contributed by atoms with Crippen LogP contribution in [0.3, 0.4) is 0 Å². The Bertz CT molecular complexity index is 533. The van der Waals surface area contributed by atoms with Crippen LogP contribution in [0.15, 0.2) is 36.7 Å². The highest BCUT2D eigenvalue weighted by Crippen LogP contribution is 2.26. The molecule has 2 heterocycles. The molecule has 2 N–H and O–H groups in total. The minimum atomic E-state index is -0.182. The molecule has 2 unspecified atom stereocenters. The van der Waals surface area contributed by atoms with Crippen LogP contribution in [0.4, 0.5) is 0 Å². The van der Waals surface area contributed by atoms with Crippen LogP contribution in [0.2, 0.25) is 0 Å². The van der Waals surface area contributed by atoms with Gasteiger partial charge in [0.2, 0.25) is 0 Å². The van der Waals surface area contributed by atoms with E-state index in [1.54, 1.807) is 6.20 Å². The lowest BCUT2D eigenvalue weighted by Gasteiger charge is -2.28. The van der Waals surface area contributed by atoms with Gasteiger partial charge < -0.3 is 15.2 Å². The fourth-order valence-electron chi connectivity index (χ4n) is 2.34. The van der Waals surface area contributed by atoms with E-state index >= 15 is 0 Å². The second-order valence-corrected chi connectivity index (χ2v) is 4.45. The fourth-order valence-corrected chi connectivity index (χ4v) is 2.34. The summed E-state index contributed by atoms with van der Waals surface area (Å²) in [6.45, 7) is 1.82. The van der Waals surface area contributed by atoms with Crippen LogP contribution in [0.1, 0.15) is 11.6 Å². The maximum absolute atomic E-state index is 6.30. The van der Waals surface area contributed by atoms with Crippen LogP contribution in [-0.4, -0.2) is 30.9 Å². The Morgan fingerprint density at radius 1 is 1.28 bits per heavy atom. The fraction of sp³-hybridized carbons (Fsp3) is 0.357. The molecule has 0 radical (unpaired) electrons. The summed E-state index contributed by atoms with van der Waals surface area (Å²) in [6.07, 6.45) is 3.57. The van der Waals surface area contributed by atoms with Crippen molar-refractivity contribution >= 4 is 10.8 Å². The lowest BCUT2D eigenvalue weighted by Crippen LogP contribution is -2.37. The summed E-state index contributed by atoms with van der Waals surface area (Å²) in [6, 6.07) is 7.92. The summed E-state index contributed by atoms with van der Waals surface area (Å²) >= 11 is 0. The third-order valence-electron chi connectivity index (χ3n) is 3.32. The smallest absolute Gasteiger partial charge is 0.100 e. The number of fused-ring (bicyclic) bond motifs is 1. The van der Waals surface area contributed by atoms with Gasteiger partial charge in [0, 0.05) is 17.8 Å². The van der Waals surface area contributed by atoms with Crippen molar-refractivity contribution in [3.63, 3.8) is 0 Å². The minimum absolute atomic E-state index is 0.0791. The zero-order chi connectivity index (χ0) is 12.4. The first-order valence-electron chi connectivity index (χ1n) is 6.14. The Morgan fingerprint density at radius 2 is 2.22 bits per heavy atom. The standard InChI is InChI=1S/C14H16N2O2/c15-14(13-9-17-6-7-18-13)11-3-1-2-10-4-5-16-8-12(10)11/h1-5,8,13-14H,6-7,9,15H2. The number of benzene rings is 1. The van der Waals surface area contributed by atoms with Crippen LogP contribution >= 0.6 is 0 Å². The topological polar surface area (TPSA) is 57.4 Å². The number of rotatable bonds is 2. The van der Waals surface area contributed by atoms with Gasteiger partial charge in [0.1, 0.15) is 6.10 Å². The van der Waals surface area contributed by atoms with Crippen molar-refractivity contribution in [1.29, 1.82) is 0 Å². The minimum Gasteiger partial charge on any atom is -0.376 e. The van der Waals surface area contributed by atoms with Gasteiger partial charge in [-0.3, -0.25) is 4.98 Å². The predicted molar refractivity (Wildman–Crippen MR) is 69.2 cm³/mol. The second-order valence-electron chi connectivity index (χ2n) is 4.45. The first kappa shape index (κ1) is 11.6. The summed E-state index contributed by atoms with van der Waals surface area (Å²) in [4.78, 5) is 4.17. The Labute approximate surface area is 106 Å². The molecular weight excluding hydrogens is 228 g/mol. The van der Waals surface area contributed by atoms with E-state index in [1.807, 2.05) is 24.4 Å². The monoisotopic (exact) mass is 244 g/mol. The third kappa shape index (κ3) is 2.10. The van der Waals surface area contributed by atoms with Crippen molar-refractivity contribution in [3.05, 3.63) is 42.2 Å². The van der Waals surface area contributed by atoms with Crippen LogP contribution in [-0.2, 0) is 9.47 Å². The molecule has 0 bridgehead atoms. The summed E-state index contributed by atoms with van der Waals surface area (Å²) < 4.78 is 11.1. The molecule has 0 spiro atoms. The molecule has 94 valence electrons. The van der Waals surface area contributed by atoms with Gasteiger partial charge in [-0.15, -0.1) is 0 Å². The Morgan fingerprint density at radius 3 is 3.06 bits per heavy atom. The lowest BCUT2D eigenvalue weighted by atomic mass is 9.97.